The molecule has 2 aromatic heterocycles. The van der Waals surface area contributed by atoms with Gasteiger partial charge in [-0.1, -0.05) is 6.07 Å². The van der Waals surface area contributed by atoms with Crippen LogP contribution in [-0.2, 0) is 28.4 Å². The number of benzene rings is 2. The summed E-state index contributed by atoms with van der Waals surface area (Å²) in [6.07, 6.45) is -12.4. The Balaban J connectivity index is 1.65. The number of nitrogens with zero attached hydrogens (tertiary/aromatic N) is 2. The maximum atomic E-state index is 13.8. The summed E-state index contributed by atoms with van der Waals surface area (Å²) in [5.41, 5.74) is -3.00. The van der Waals surface area contributed by atoms with Crippen LogP contribution in [0.1, 0.15) is 27.0 Å². The van der Waals surface area contributed by atoms with E-state index in [0.717, 1.165) is 48.5 Å². The van der Waals surface area contributed by atoms with Crippen LogP contribution in [0.15, 0.2) is 48.5 Å². The zero-order valence-corrected chi connectivity index (χ0v) is 22.9. The Hall–Kier alpha value is -5.00. The van der Waals surface area contributed by atoms with Gasteiger partial charge in [0.1, 0.15) is 12.2 Å². The highest BCUT2D eigenvalue weighted by molar-refractivity contribution is 6.07. The summed E-state index contributed by atoms with van der Waals surface area (Å²) < 4.78 is 115. The SMILES string of the molecule is COCC(=O)NCc1ccc(C(F)(F)F)c(Nc2nc3nc(OCC(F)F)c(C(=O)Nc4ccc(C(F)(F)F)cc4)cc3[nH]2)c1. The van der Waals surface area contributed by atoms with E-state index in [1.807, 2.05) is 0 Å². The Bertz CT molecular complexity index is 1670. The van der Waals surface area contributed by atoms with E-state index in [4.69, 9.17) is 9.47 Å². The number of pyridine rings is 1. The summed E-state index contributed by atoms with van der Waals surface area (Å²) in [5.74, 6) is -2.41. The summed E-state index contributed by atoms with van der Waals surface area (Å²) in [4.78, 5) is 35.3. The van der Waals surface area contributed by atoms with Gasteiger partial charge in [0.2, 0.25) is 17.7 Å². The monoisotopic (exact) mass is 646 g/mol. The summed E-state index contributed by atoms with van der Waals surface area (Å²) in [7, 11) is 1.30. The maximum absolute atomic E-state index is 13.8. The number of amides is 2. The number of ether oxygens (including phenoxy) is 2. The Kier molecular flexibility index (Phi) is 9.75. The van der Waals surface area contributed by atoms with Gasteiger partial charge in [-0.25, -0.2) is 8.78 Å². The predicted octanol–water partition coefficient (Wildman–Crippen LogP) is 5.90. The predicted molar refractivity (Wildman–Crippen MR) is 143 cm³/mol. The molecule has 0 radical (unpaired) electrons. The average Bonchev–Trinajstić information content (AvgIpc) is 3.35. The summed E-state index contributed by atoms with van der Waals surface area (Å²) >= 11 is 0. The van der Waals surface area contributed by atoms with Crippen LogP contribution in [0.2, 0.25) is 0 Å². The standard InChI is InChI=1S/C27H22F8N6O4/c1-44-12-21(42)36-10-13-2-7-17(27(33,34)35)18(8-13)38-25-39-19-9-16(24(40-22(19)41-25)45-11-20(28)29)23(43)37-15-5-3-14(4-6-15)26(30,31)32/h2-9,20H,10-12H2,1H3,(H,36,42)(H,37,43)(H2,38,39,40,41). The van der Waals surface area contributed by atoms with Crippen LogP contribution in [0, 0.1) is 0 Å². The molecule has 4 N–H and O–H groups in total. The van der Waals surface area contributed by atoms with Gasteiger partial charge in [0.05, 0.1) is 22.3 Å². The van der Waals surface area contributed by atoms with Gasteiger partial charge in [0, 0.05) is 19.3 Å². The molecule has 2 amide bonds. The second kappa shape index (κ2) is 13.3. The third-order valence-corrected chi connectivity index (χ3v) is 5.91. The normalized spacial score (nSPS) is 12.0. The van der Waals surface area contributed by atoms with Crippen molar-refractivity contribution < 1.29 is 54.2 Å². The highest BCUT2D eigenvalue weighted by atomic mass is 19.4. The molecular weight excluding hydrogens is 624 g/mol. The van der Waals surface area contributed by atoms with E-state index in [2.05, 4.69) is 30.9 Å². The first-order valence-corrected chi connectivity index (χ1v) is 12.7. The van der Waals surface area contributed by atoms with E-state index in [1.54, 1.807) is 0 Å². The number of hydrogen-bond acceptors (Lipinski definition) is 7. The molecule has 0 fully saturated rings. The van der Waals surface area contributed by atoms with Crippen LogP contribution < -0.4 is 20.7 Å². The van der Waals surface area contributed by atoms with Crippen molar-refractivity contribution in [1.82, 2.24) is 20.3 Å². The molecule has 45 heavy (non-hydrogen) atoms. The number of H-pyrrole nitrogens is 1. The van der Waals surface area contributed by atoms with E-state index >= 15 is 0 Å². The molecule has 0 aliphatic heterocycles. The lowest BCUT2D eigenvalue weighted by Gasteiger charge is -2.15. The zero-order valence-electron chi connectivity index (χ0n) is 22.9. The molecule has 2 heterocycles. The van der Waals surface area contributed by atoms with E-state index < -0.39 is 65.5 Å². The topological polar surface area (TPSA) is 130 Å². The Morgan fingerprint density at radius 2 is 1.67 bits per heavy atom. The number of aromatic nitrogens is 3. The maximum Gasteiger partial charge on any atom is 0.418 e. The van der Waals surface area contributed by atoms with Gasteiger partial charge in [0.25, 0.3) is 12.3 Å². The van der Waals surface area contributed by atoms with Crippen molar-refractivity contribution >= 4 is 40.3 Å². The number of carbonyl (C=O) groups is 2. The number of aromatic amines is 1. The number of carbonyl (C=O) groups excluding carboxylic acids is 2. The fourth-order valence-electron chi connectivity index (χ4n) is 3.90. The smallest absolute Gasteiger partial charge is 0.418 e. The third kappa shape index (κ3) is 8.55. The van der Waals surface area contributed by atoms with Gasteiger partial charge >= 0.3 is 12.4 Å². The van der Waals surface area contributed by atoms with E-state index in [1.165, 1.54) is 7.11 Å². The van der Waals surface area contributed by atoms with Crippen molar-refractivity contribution in [3.05, 3.63) is 70.8 Å². The Morgan fingerprint density at radius 3 is 2.29 bits per heavy atom. The lowest BCUT2D eigenvalue weighted by molar-refractivity contribution is -0.138. The molecule has 240 valence electrons. The summed E-state index contributed by atoms with van der Waals surface area (Å²) in [6.45, 7) is -1.57. The van der Waals surface area contributed by atoms with E-state index in [-0.39, 0.29) is 41.5 Å². The number of halogens is 8. The second-order valence-corrected chi connectivity index (χ2v) is 9.24. The third-order valence-electron chi connectivity index (χ3n) is 5.91. The highest BCUT2D eigenvalue weighted by Gasteiger charge is 2.34. The summed E-state index contributed by atoms with van der Waals surface area (Å²) in [6, 6.07) is 7.53. The number of fused-ring (bicyclic) bond motifs is 1. The molecule has 0 aliphatic rings. The molecule has 0 bridgehead atoms. The molecule has 0 atom stereocenters. The molecule has 0 unspecified atom stereocenters. The number of alkyl halides is 8. The first-order valence-electron chi connectivity index (χ1n) is 12.7. The number of hydrogen-bond donors (Lipinski definition) is 4. The van der Waals surface area contributed by atoms with Gasteiger partial charge in [-0.05, 0) is 48.0 Å². The molecule has 2 aromatic carbocycles. The lowest BCUT2D eigenvalue weighted by Crippen LogP contribution is -2.26. The molecule has 10 nitrogen and oxygen atoms in total. The molecule has 4 aromatic rings. The fourth-order valence-corrected chi connectivity index (χ4v) is 3.90. The number of rotatable bonds is 11. The van der Waals surface area contributed by atoms with Crippen LogP contribution in [0.5, 0.6) is 5.88 Å². The van der Waals surface area contributed by atoms with Gasteiger partial charge in [-0.15, -0.1) is 0 Å². The minimum Gasteiger partial charge on any atom is -0.471 e. The van der Waals surface area contributed by atoms with Crippen molar-refractivity contribution in [3.63, 3.8) is 0 Å². The molecule has 18 heteroatoms. The molecule has 4 rings (SSSR count). The largest absolute Gasteiger partial charge is 0.471 e. The molecule has 0 saturated heterocycles. The first kappa shape index (κ1) is 32.9. The van der Waals surface area contributed by atoms with Gasteiger partial charge in [-0.2, -0.15) is 36.3 Å². The van der Waals surface area contributed by atoms with Crippen molar-refractivity contribution in [2.24, 2.45) is 0 Å². The van der Waals surface area contributed by atoms with Crippen LogP contribution >= 0.6 is 0 Å². The number of imidazole rings is 1. The minimum absolute atomic E-state index is 0.0315. The van der Waals surface area contributed by atoms with Crippen molar-refractivity contribution in [2.45, 2.75) is 25.3 Å². The molecular formula is C27H22F8N6O4. The van der Waals surface area contributed by atoms with E-state index in [9.17, 15) is 44.7 Å². The van der Waals surface area contributed by atoms with Crippen LogP contribution in [0.3, 0.4) is 0 Å². The van der Waals surface area contributed by atoms with Crippen LogP contribution in [-0.4, -0.2) is 53.5 Å². The Labute approximate surface area is 248 Å². The number of anilines is 3. The lowest BCUT2D eigenvalue weighted by atomic mass is 10.1. The minimum atomic E-state index is -4.80. The number of methoxy groups -OCH3 is 1. The molecule has 0 spiro atoms. The van der Waals surface area contributed by atoms with Crippen LogP contribution in [0.25, 0.3) is 11.2 Å². The zero-order chi connectivity index (χ0) is 32.9. The Morgan fingerprint density at radius 1 is 0.956 bits per heavy atom. The van der Waals surface area contributed by atoms with Gasteiger partial charge < -0.3 is 30.4 Å². The van der Waals surface area contributed by atoms with Gasteiger partial charge in [-0.3, -0.25) is 9.59 Å². The molecule has 0 aliphatic carbocycles. The highest BCUT2D eigenvalue weighted by Crippen LogP contribution is 2.37. The van der Waals surface area contributed by atoms with E-state index in [0.29, 0.717) is 0 Å². The number of nitrogens with one attached hydrogen (secondary N) is 4. The van der Waals surface area contributed by atoms with Gasteiger partial charge in [0.15, 0.2) is 12.3 Å². The van der Waals surface area contributed by atoms with Crippen molar-refractivity contribution in [2.75, 3.05) is 31.0 Å². The van der Waals surface area contributed by atoms with Crippen molar-refractivity contribution in [3.8, 4) is 5.88 Å². The second-order valence-electron chi connectivity index (χ2n) is 9.24. The van der Waals surface area contributed by atoms with Crippen LogP contribution in [0.4, 0.5) is 52.4 Å². The quantitative estimate of drug-likeness (QED) is 0.149. The average molecular weight is 646 g/mol. The van der Waals surface area contributed by atoms with Crippen molar-refractivity contribution in [1.29, 1.82) is 0 Å². The fraction of sp³-hybridized carbons (Fsp3) is 0.259. The first-order chi connectivity index (χ1) is 21.1. The molecule has 0 saturated carbocycles. The summed E-state index contributed by atoms with van der Waals surface area (Å²) in [5, 5.41) is 7.27.